The molecule has 0 saturated carbocycles. The third-order valence-electron chi connectivity index (χ3n) is 4.53. The molecule has 0 aliphatic carbocycles. The van der Waals surface area contributed by atoms with Crippen molar-refractivity contribution in [3.63, 3.8) is 0 Å². The fourth-order valence-electron chi connectivity index (χ4n) is 2.98. The van der Waals surface area contributed by atoms with Gasteiger partial charge in [-0.05, 0) is 42.5 Å². The average Bonchev–Trinajstić information content (AvgIpc) is 3.25. The van der Waals surface area contributed by atoms with Crippen LogP contribution in [0.2, 0.25) is 4.34 Å². The highest BCUT2D eigenvalue weighted by atomic mass is 35.5. The van der Waals surface area contributed by atoms with E-state index in [-0.39, 0.29) is 25.6 Å². The van der Waals surface area contributed by atoms with Gasteiger partial charge in [0.2, 0.25) is 0 Å². The molecule has 176 valence electrons. The molecule has 0 aliphatic heterocycles. The van der Waals surface area contributed by atoms with Crippen LogP contribution in [0.3, 0.4) is 0 Å². The van der Waals surface area contributed by atoms with Gasteiger partial charge in [0.15, 0.2) is 0 Å². The number of halogens is 1. The van der Waals surface area contributed by atoms with Gasteiger partial charge in [-0.3, -0.25) is 9.36 Å². The zero-order valence-corrected chi connectivity index (χ0v) is 19.7. The maximum atomic E-state index is 12.9. The van der Waals surface area contributed by atoms with Crippen molar-refractivity contribution in [1.29, 1.82) is 0 Å². The van der Waals surface area contributed by atoms with E-state index >= 15 is 0 Å². The SMILES string of the molecule is NCCNc1ccc2c(=O)n(-c3ccc(NC(=O)NS(=O)(=O)c4ccc(Cl)s4)cn3)cnc2c1. The zero-order valence-electron chi connectivity index (χ0n) is 17.4. The quantitative estimate of drug-likeness (QED) is 0.289. The number of sulfonamides is 1. The van der Waals surface area contributed by atoms with Crippen LogP contribution in [-0.4, -0.2) is 42.1 Å². The molecular weight excluding hydrogens is 502 g/mol. The third kappa shape index (κ3) is 5.17. The van der Waals surface area contributed by atoms with Gasteiger partial charge in [0, 0.05) is 18.8 Å². The number of nitrogens with two attached hydrogens (primary N) is 1. The molecule has 0 aliphatic rings. The molecule has 0 radical (unpaired) electrons. The van der Waals surface area contributed by atoms with E-state index in [0.717, 1.165) is 17.0 Å². The summed E-state index contributed by atoms with van der Waals surface area (Å²) in [7, 11) is -4.06. The fourth-order valence-corrected chi connectivity index (χ4v) is 5.37. The van der Waals surface area contributed by atoms with Crippen molar-refractivity contribution in [1.82, 2.24) is 19.3 Å². The molecule has 3 heterocycles. The first-order valence-electron chi connectivity index (χ1n) is 9.78. The van der Waals surface area contributed by atoms with Gasteiger partial charge in [-0.1, -0.05) is 11.6 Å². The molecule has 4 aromatic rings. The van der Waals surface area contributed by atoms with Crippen LogP contribution >= 0.6 is 22.9 Å². The number of carbonyl (C=O) groups excluding carboxylic acids is 1. The Bertz CT molecular complexity index is 1520. The molecule has 2 amide bonds. The Kier molecular flexibility index (Phi) is 6.79. The Morgan fingerprint density at radius 2 is 1.91 bits per heavy atom. The lowest BCUT2D eigenvalue weighted by molar-refractivity contribution is 0.256. The summed E-state index contributed by atoms with van der Waals surface area (Å²) in [6.07, 6.45) is 2.65. The number of anilines is 2. The van der Waals surface area contributed by atoms with Crippen molar-refractivity contribution in [2.45, 2.75) is 4.21 Å². The molecule has 11 nitrogen and oxygen atoms in total. The van der Waals surface area contributed by atoms with Crippen LogP contribution in [0.25, 0.3) is 16.7 Å². The summed E-state index contributed by atoms with van der Waals surface area (Å²) in [4.78, 5) is 33.5. The summed E-state index contributed by atoms with van der Waals surface area (Å²) in [5.74, 6) is 0.275. The number of pyridine rings is 1. The maximum Gasteiger partial charge on any atom is 0.333 e. The van der Waals surface area contributed by atoms with Crippen molar-refractivity contribution in [2.24, 2.45) is 5.73 Å². The van der Waals surface area contributed by atoms with Crippen LogP contribution in [0.1, 0.15) is 0 Å². The summed E-state index contributed by atoms with van der Waals surface area (Å²) < 4.78 is 27.8. The van der Waals surface area contributed by atoms with Crippen molar-refractivity contribution in [3.05, 3.63) is 69.7 Å². The van der Waals surface area contributed by atoms with Crippen LogP contribution in [0.4, 0.5) is 16.2 Å². The van der Waals surface area contributed by atoms with E-state index < -0.39 is 16.1 Å². The summed E-state index contributed by atoms with van der Waals surface area (Å²) in [6.45, 7) is 1.07. The standard InChI is InChI=1S/C20H18ClN7O4S2/c21-16-4-6-18(33-16)34(31,32)27-20(30)26-13-2-5-17(24-10-13)28-11-25-15-9-12(23-8-7-22)1-3-14(15)19(28)29/h1-6,9-11,23H,7-8,22H2,(H2,26,27,30). The number of carbonyl (C=O) groups is 1. The summed E-state index contributed by atoms with van der Waals surface area (Å²) in [5, 5.41) is 5.92. The van der Waals surface area contributed by atoms with Crippen molar-refractivity contribution in [3.8, 4) is 5.82 Å². The number of rotatable bonds is 7. The lowest BCUT2D eigenvalue weighted by Gasteiger charge is -2.10. The lowest BCUT2D eigenvalue weighted by Crippen LogP contribution is -2.34. The molecule has 14 heteroatoms. The number of amides is 2. The van der Waals surface area contributed by atoms with E-state index in [0.29, 0.717) is 24.0 Å². The maximum absolute atomic E-state index is 12.9. The average molecular weight is 520 g/mol. The number of aromatic nitrogens is 3. The second kappa shape index (κ2) is 9.77. The minimum atomic E-state index is -4.06. The van der Waals surface area contributed by atoms with Crippen LogP contribution < -0.4 is 26.6 Å². The van der Waals surface area contributed by atoms with Crippen LogP contribution in [0.15, 0.2) is 64.0 Å². The van der Waals surface area contributed by atoms with E-state index in [1.807, 2.05) is 4.72 Å². The molecule has 0 saturated heterocycles. The first kappa shape index (κ1) is 23.6. The highest BCUT2D eigenvalue weighted by Gasteiger charge is 2.20. The first-order valence-corrected chi connectivity index (χ1v) is 12.5. The van der Waals surface area contributed by atoms with Gasteiger partial charge in [-0.25, -0.2) is 27.9 Å². The van der Waals surface area contributed by atoms with Crippen molar-refractivity contribution < 1.29 is 13.2 Å². The molecule has 3 aromatic heterocycles. The minimum absolute atomic E-state index is 0.0911. The normalized spacial score (nSPS) is 11.4. The summed E-state index contributed by atoms with van der Waals surface area (Å²) >= 11 is 6.57. The summed E-state index contributed by atoms with van der Waals surface area (Å²) in [6, 6.07) is 9.91. The van der Waals surface area contributed by atoms with Gasteiger partial charge in [0.05, 0.1) is 27.1 Å². The number of hydrogen-bond acceptors (Lipinski definition) is 9. The number of urea groups is 1. The molecule has 0 spiro atoms. The molecule has 1 aromatic carbocycles. The molecular formula is C20H18ClN7O4S2. The Hall–Kier alpha value is -3.52. The van der Waals surface area contributed by atoms with Crippen molar-refractivity contribution in [2.75, 3.05) is 23.7 Å². The van der Waals surface area contributed by atoms with Crippen LogP contribution in [0, 0.1) is 0 Å². The molecule has 34 heavy (non-hydrogen) atoms. The van der Waals surface area contributed by atoms with Gasteiger partial charge >= 0.3 is 6.03 Å². The minimum Gasteiger partial charge on any atom is -0.384 e. The Morgan fingerprint density at radius 3 is 2.59 bits per heavy atom. The highest BCUT2D eigenvalue weighted by molar-refractivity contribution is 7.92. The predicted molar refractivity (Wildman–Crippen MR) is 131 cm³/mol. The van der Waals surface area contributed by atoms with Gasteiger partial charge < -0.3 is 16.4 Å². The number of thiophene rings is 1. The highest BCUT2D eigenvalue weighted by Crippen LogP contribution is 2.25. The second-order valence-electron chi connectivity index (χ2n) is 6.89. The lowest BCUT2D eigenvalue weighted by atomic mass is 10.2. The number of nitrogens with zero attached hydrogens (tertiary/aromatic N) is 3. The number of nitrogens with one attached hydrogen (secondary N) is 3. The first-order chi connectivity index (χ1) is 16.3. The van der Waals surface area contributed by atoms with Gasteiger partial charge in [0.25, 0.3) is 15.6 Å². The molecule has 0 bridgehead atoms. The van der Waals surface area contributed by atoms with Crippen molar-refractivity contribution >= 4 is 61.3 Å². The van der Waals surface area contributed by atoms with E-state index in [2.05, 4.69) is 20.6 Å². The van der Waals surface area contributed by atoms with Crippen LogP contribution in [0.5, 0.6) is 0 Å². The number of fused-ring (bicyclic) bond motifs is 1. The monoisotopic (exact) mass is 519 g/mol. The van der Waals surface area contributed by atoms with E-state index in [1.165, 1.54) is 41.4 Å². The second-order valence-corrected chi connectivity index (χ2v) is 10.5. The number of benzene rings is 1. The topological polar surface area (TPSA) is 161 Å². The molecule has 0 fully saturated rings. The Labute approximate surface area is 202 Å². The van der Waals surface area contributed by atoms with Gasteiger partial charge in [-0.15, -0.1) is 11.3 Å². The summed E-state index contributed by atoms with van der Waals surface area (Å²) in [5.41, 5.74) is 6.72. The third-order valence-corrected chi connectivity index (χ3v) is 7.58. The predicted octanol–water partition coefficient (Wildman–Crippen LogP) is 2.38. The largest absolute Gasteiger partial charge is 0.384 e. The molecule has 5 N–H and O–H groups in total. The fraction of sp³-hybridized carbons (Fsp3) is 0.100. The molecule has 4 rings (SSSR count). The number of hydrogen-bond donors (Lipinski definition) is 4. The smallest absolute Gasteiger partial charge is 0.333 e. The Morgan fingerprint density at radius 1 is 1.12 bits per heavy atom. The van der Waals surface area contributed by atoms with E-state index in [1.54, 1.807) is 18.2 Å². The van der Waals surface area contributed by atoms with Crippen LogP contribution in [-0.2, 0) is 10.0 Å². The van der Waals surface area contributed by atoms with Gasteiger partial charge in [-0.2, -0.15) is 0 Å². The molecule has 0 atom stereocenters. The van der Waals surface area contributed by atoms with Gasteiger partial charge in [0.1, 0.15) is 16.4 Å². The zero-order chi connectivity index (χ0) is 24.3. The Balaban J connectivity index is 1.49. The molecule has 0 unspecified atom stereocenters. The van der Waals surface area contributed by atoms with E-state index in [9.17, 15) is 18.0 Å². The van der Waals surface area contributed by atoms with E-state index in [4.69, 9.17) is 17.3 Å².